The van der Waals surface area contributed by atoms with Crippen molar-refractivity contribution in [2.75, 3.05) is 6.67 Å². The Hall–Kier alpha value is -1.79. The second-order valence-electron chi connectivity index (χ2n) is 3.34. The van der Waals surface area contributed by atoms with E-state index in [0.717, 1.165) is 6.20 Å². The molecule has 1 rings (SSSR count). The van der Waals surface area contributed by atoms with Crippen LogP contribution in [0.4, 0.5) is 10.2 Å². The summed E-state index contributed by atoms with van der Waals surface area (Å²) in [4.78, 5) is 25.1. The molecule has 0 amide bonds. The molecule has 7 heteroatoms. The van der Waals surface area contributed by atoms with Crippen LogP contribution in [0.15, 0.2) is 6.20 Å². The number of hydrogen-bond acceptors (Lipinski definition) is 4. The van der Waals surface area contributed by atoms with Crippen molar-refractivity contribution in [2.24, 2.45) is 0 Å². The lowest BCUT2D eigenvalue weighted by atomic mass is 10.2. The minimum absolute atomic E-state index is 0.0886. The number of carbonyl (C=O) groups is 1. The maximum atomic E-state index is 11.8. The van der Waals surface area contributed by atoms with Crippen LogP contribution in [0.3, 0.4) is 0 Å². The molecule has 0 saturated carbocycles. The highest BCUT2D eigenvalue weighted by molar-refractivity contribution is 5.78. The molecule has 0 aliphatic rings. The number of alkyl halides is 1. The summed E-state index contributed by atoms with van der Waals surface area (Å²) in [5.41, 5.74) is 0. The van der Waals surface area contributed by atoms with Crippen molar-refractivity contribution >= 4 is 11.6 Å². The zero-order valence-electron chi connectivity index (χ0n) is 8.85. The molecule has 0 unspecified atom stereocenters. The predicted octanol–water partition coefficient (Wildman–Crippen LogP) is 1.42. The quantitative estimate of drug-likeness (QED) is 0.545. The van der Waals surface area contributed by atoms with Crippen molar-refractivity contribution in [3.8, 4) is 0 Å². The number of halogens is 1. The topological polar surface area (TPSA) is 78.0 Å². The average molecular weight is 229 g/mol. The van der Waals surface area contributed by atoms with Gasteiger partial charge in [0.15, 0.2) is 18.2 Å². The van der Waals surface area contributed by atoms with Gasteiger partial charge in [-0.25, -0.2) is 9.55 Å². The van der Waals surface area contributed by atoms with Crippen LogP contribution < -0.4 is 0 Å². The normalized spacial score (nSPS) is 10.4. The lowest BCUT2D eigenvalue weighted by molar-refractivity contribution is -0.392. The number of ketones is 1. The molecular formula is C9H12FN3O3. The van der Waals surface area contributed by atoms with E-state index in [0.29, 0.717) is 5.82 Å². The number of aryl methyl sites for hydroxylation is 1. The molecule has 1 heterocycles. The largest absolute Gasteiger partial charge is 0.358 e. The van der Waals surface area contributed by atoms with Gasteiger partial charge in [-0.05, 0) is 11.3 Å². The maximum absolute atomic E-state index is 11.8. The van der Waals surface area contributed by atoms with Crippen LogP contribution in [0.5, 0.6) is 0 Å². The van der Waals surface area contributed by atoms with Gasteiger partial charge in [0, 0.05) is 13.3 Å². The fraction of sp³-hybridized carbons (Fsp3) is 0.556. The van der Waals surface area contributed by atoms with Crippen molar-refractivity contribution in [1.82, 2.24) is 9.55 Å². The number of Topliss-reactive ketones (excluding diaryl/α,β-unsaturated/α-hetero) is 1. The molecule has 0 aromatic carbocycles. The fourth-order valence-corrected chi connectivity index (χ4v) is 1.32. The zero-order chi connectivity index (χ0) is 12.1. The second kappa shape index (κ2) is 5.34. The van der Waals surface area contributed by atoms with Crippen molar-refractivity contribution < 1.29 is 14.1 Å². The van der Waals surface area contributed by atoms with Crippen LogP contribution in [-0.4, -0.2) is 26.9 Å². The monoisotopic (exact) mass is 229 g/mol. The molecule has 1 aromatic rings. The Labute approximate surface area is 91.2 Å². The first-order valence-corrected chi connectivity index (χ1v) is 4.80. The van der Waals surface area contributed by atoms with E-state index >= 15 is 0 Å². The maximum Gasteiger partial charge on any atom is 0.343 e. The second-order valence-corrected chi connectivity index (χ2v) is 3.34. The smallest absolute Gasteiger partial charge is 0.343 e. The Morgan fingerprint density at radius 3 is 2.94 bits per heavy atom. The summed E-state index contributed by atoms with van der Waals surface area (Å²) in [6.45, 7) is 0.897. The van der Waals surface area contributed by atoms with E-state index in [9.17, 15) is 19.3 Å². The van der Waals surface area contributed by atoms with E-state index in [2.05, 4.69) is 4.98 Å². The van der Waals surface area contributed by atoms with E-state index in [1.54, 1.807) is 6.92 Å². The molecule has 0 aliphatic carbocycles. The molecule has 0 radical (unpaired) electrons. The van der Waals surface area contributed by atoms with Gasteiger partial charge in [-0.15, -0.1) is 0 Å². The van der Waals surface area contributed by atoms with E-state index in [-0.39, 0.29) is 31.0 Å². The molecule has 0 bridgehead atoms. The summed E-state index contributed by atoms with van der Waals surface area (Å²) in [6.07, 6.45) is 1.35. The predicted molar refractivity (Wildman–Crippen MR) is 53.8 cm³/mol. The number of nitrogens with zero attached hydrogens (tertiary/aromatic N) is 3. The summed E-state index contributed by atoms with van der Waals surface area (Å²) in [7, 11) is 0. The molecule has 16 heavy (non-hydrogen) atoms. The number of rotatable bonds is 6. The fourth-order valence-electron chi connectivity index (χ4n) is 1.32. The van der Waals surface area contributed by atoms with Gasteiger partial charge >= 0.3 is 5.82 Å². The van der Waals surface area contributed by atoms with Gasteiger partial charge in [-0.1, -0.05) is 0 Å². The van der Waals surface area contributed by atoms with Crippen molar-refractivity contribution in [3.05, 3.63) is 22.1 Å². The average Bonchev–Trinajstić information content (AvgIpc) is 2.58. The van der Waals surface area contributed by atoms with Gasteiger partial charge < -0.3 is 10.1 Å². The van der Waals surface area contributed by atoms with E-state index in [1.165, 1.54) is 4.57 Å². The van der Waals surface area contributed by atoms with Crippen LogP contribution in [0, 0.1) is 17.0 Å². The summed E-state index contributed by atoms with van der Waals surface area (Å²) < 4.78 is 13.1. The first-order valence-electron chi connectivity index (χ1n) is 4.80. The first-order chi connectivity index (χ1) is 7.56. The molecule has 0 N–H and O–H groups in total. The summed E-state index contributed by atoms with van der Waals surface area (Å²) in [5, 5.41) is 10.6. The Kier molecular flexibility index (Phi) is 4.10. The summed E-state index contributed by atoms with van der Waals surface area (Å²) in [6, 6.07) is 0. The molecule has 0 aliphatic heterocycles. The van der Waals surface area contributed by atoms with Crippen molar-refractivity contribution in [2.45, 2.75) is 26.3 Å². The van der Waals surface area contributed by atoms with Crippen LogP contribution >= 0.6 is 0 Å². The van der Waals surface area contributed by atoms with E-state index < -0.39 is 11.6 Å². The highest BCUT2D eigenvalue weighted by Crippen LogP contribution is 2.13. The number of imidazole rings is 1. The molecule has 6 nitrogen and oxygen atoms in total. The SMILES string of the molecule is Cc1ncc([N+](=O)[O-])n1CC(=O)CCCF. The van der Waals surface area contributed by atoms with Crippen LogP contribution in [0.25, 0.3) is 0 Å². The number of carbonyl (C=O) groups excluding carboxylic acids is 1. The Morgan fingerprint density at radius 2 is 2.38 bits per heavy atom. The van der Waals surface area contributed by atoms with Gasteiger partial charge in [0.1, 0.15) is 6.20 Å². The molecule has 1 aromatic heterocycles. The van der Waals surface area contributed by atoms with Gasteiger partial charge in [0.25, 0.3) is 0 Å². The number of nitro groups is 1. The third kappa shape index (κ3) is 2.85. The lowest BCUT2D eigenvalue weighted by Crippen LogP contribution is -2.13. The Bertz CT molecular complexity index is 403. The third-order valence-corrected chi connectivity index (χ3v) is 2.14. The lowest BCUT2D eigenvalue weighted by Gasteiger charge is -2.01. The standard InChI is InChI=1S/C9H12FN3O3/c1-7-11-5-9(13(15)16)12(7)6-8(14)3-2-4-10/h5H,2-4,6H2,1H3. The van der Waals surface area contributed by atoms with Gasteiger partial charge in [-0.2, -0.15) is 0 Å². The van der Waals surface area contributed by atoms with Crippen LogP contribution in [0.2, 0.25) is 0 Å². The third-order valence-electron chi connectivity index (χ3n) is 2.14. The van der Waals surface area contributed by atoms with Crippen LogP contribution in [-0.2, 0) is 11.3 Å². The molecule has 0 fully saturated rings. The highest BCUT2D eigenvalue weighted by atomic mass is 19.1. The van der Waals surface area contributed by atoms with Crippen molar-refractivity contribution in [3.63, 3.8) is 0 Å². The molecular weight excluding hydrogens is 217 g/mol. The Balaban J connectivity index is 2.76. The zero-order valence-corrected chi connectivity index (χ0v) is 8.85. The Morgan fingerprint density at radius 1 is 1.69 bits per heavy atom. The van der Waals surface area contributed by atoms with Crippen molar-refractivity contribution in [1.29, 1.82) is 0 Å². The minimum atomic E-state index is -0.595. The van der Waals surface area contributed by atoms with Crippen LogP contribution in [0.1, 0.15) is 18.7 Å². The van der Waals surface area contributed by atoms with E-state index in [1.807, 2.05) is 0 Å². The molecule has 0 saturated heterocycles. The number of aromatic nitrogens is 2. The van der Waals surface area contributed by atoms with Gasteiger partial charge in [-0.3, -0.25) is 9.18 Å². The summed E-state index contributed by atoms with van der Waals surface area (Å²) in [5.74, 6) is -0.0479. The summed E-state index contributed by atoms with van der Waals surface area (Å²) >= 11 is 0. The first kappa shape index (κ1) is 12.3. The molecule has 88 valence electrons. The highest BCUT2D eigenvalue weighted by Gasteiger charge is 2.19. The van der Waals surface area contributed by atoms with E-state index in [4.69, 9.17) is 0 Å². The number of hydrogen-bond donors (Lipinski definition) is 0. The molecule has 0 spiro atoms. The minimum Gasteiger partial charge on any atom is -0.358 e. The molecule has 0 atom stereocenters. The van der Waals surface area contributed by atoms with Gasteiger partial charge in [0.05, 0.1) is 6.67 Å². The van der Waals surface area contributed by atoms with Gasteiger partial charge in [0.2, 0.25) is 0 Å².